The number of nitrogens with one attached hydrogen (secondary N) is 2. The van der Waals surface area contributed by atoms with Crippen molar-refractivity contribution >= 4 is 41.0 Å². The van der Waals surface area contributed by atoms with Gasteiger partial charge in [-0.25, -0.2) is 9.59 Å². The predicted octanol–water partition coefficient (Wildman–Crippen LogP) is 1.21. The van der Waals surface area contributed by atoms with Crippen LogP contribution in [0.3, 0.4) is 0 Å². The number of rotatable bonds is 7. The molecule has 1 heterocycles. The highest BCUT2D eigenvalue weighted by Gasteiger charge is 2.24. The Hall–Kier alpha value is -4.65. The molecular weight excluding hydrogens is 500 g/mol. The lowest BCUT2D eigenvalue weighted by Crippen LogP contribution is -2.50. The third-order valence-corrected chi connectivity index (χ3v) is 5.35. The molecule has 4 N–H and O–H groups in total. The van der Waals surface area contributed by atoms with Crippen LogP contribution >= 0.6 is 0 Å². The van der Waals surface area contributed by atoms with Gasteiger partial charge in [0.1, 0.15) is 0 Å². The number of anilines is 2. The van der Waals surface area contributed by atoms with E-state index < -0.39 is 11.9 Å². The maximum atomic E-state index is 12.9. The van der Waals surface area contributed by atoms with Gasteiger partial charge >= 0.3 is 11.9 Å². The van der Waals surface area contributed by atoms with Gasteiger partial charge in [0.05, 0.1) is 32.1 Å². The average molecular weight is 531 g/mol. The molecule has 13 nitrogen and oxygen atoms in total. The summed E-state index contributed by atoms with van der Waals surface area (Å²) in [6, 6.07) is 12.2. The minimum atomic E-state index is -1.82. The Labute approximate surface area is 218 Å². The van der Waals surface area contributed by atoms with Gasteiger partial charge in [0.2, 0.25) is 11.8 Å². The van der Waals surface area contributed by atoms with Crippen molar-refractivity contribution in [3.63, 3.8) is 0 Å². The van der Waals surface area contributed by atoms with Gasteiger partial charge in [0, 0.05) is 38.7 Å². The molecule has 1 aliphatic heterocycles. The van der Waals surface area contributed by atoms with Crippen LogP contribution in [0.1, 0.15) is 17.3 Å². The zero-order valence-electron chi connectivity index (χ0n) is 21.2. The summed E-state index contributed by atoms with van der Waals surface area (Å²) in [5.41, 5.74) is 1.64. The fraction of sp³-hybridized carbons (Fsp3) is 0.320. The van der Waals surface area contributed by atoms with Gasteiger partial charge in [-0.1, -0.05) is 12.1 Å². The number of benzene rings is 2. The van der Waals surface area contributed by atoms with Crippen molar-refractivity contribution < 1.29 is 43.7 Å². The first-order valence-corrected chi connectivity index (χ1v) is 11.4. The molecule has 3 amide bonds. The number of nitrogens with zero attached hydrogens (tertiary/aromatic N) is 2. The maximum absolute atomic E-state index is 12.9. The molecule has 0 unspecified atom stereocenters. The molecule has 0 bridgehead atoms. The topological polar surface area (TPSA) is 175 Å². The van der Waals surface area contributed by atoms with Crippen molar-refractivity contribution in [3.8, 4) is 11.5 Å². The fourth-order valence-corrected chi connectivity index (χ4v) is 3.54. The van der Waals surface area contributed by atoms with Crippen molar-refractivity contribution in [2.45, 2.75) is 6.92 Å². The third-order valence-electron chi connectivity index (χ3n) is 5.35. The van der Waals surface area contributed by atoms with Crippen LogP contribution < -0.4 is 20.1 Å². The van der Waals surface area contributed by atoms with E-state index >= 15 is 0 Å². The number of aliphatic carboxylic acids is 2. The van der Waals surface area contributed by atoms with E-state index in [9.17, 15) is 14.4 Å². The molecule has 0 aliphatic carbocycles. The second-order valence-corrected chi connectivity index (χ2v) is 8.02. The minimum absolute atomic E-state index is 0.0840. The van der Waals surface area contributed by atoms with Gasteiger partial charge in [-0.3, -0.25) is 19.3 Å². The highest BCUT2D eigenvalue weighted by atomic mass is 16.5. The molecule has 0 aromatic heterocycles. The smallest absolute Gasteiger partial charge is 0.414 e. The Kier molecular flexibility index (Phi) is 11.0. The number of carbonyl (C=O) groups is 5. The standard InChI is InChI=1S/C23H28N4O5.C2H2O4/c1-16(28)24-18-6-4-5-7-19(18)25-22(29)15-26-10-12-27(13-11-26)23(30)17-8-9-20(31-2)21(14-17)32-3;3-1(4)2(5)6/h4-9,14H,10-13,15H2,1-3H3,(H,24,28)(H,25,29);(H,3,4)(H,5,6). The molecule has 1 aliphatic rings. The van der Waals surface area contributed by atoms with E-state index in [2.05, 4.69) is 10.6 Å². The van der Waals surface area contributed by atoms with Gasteiger partial charge < -0.3 is 35.2 Å². The van der Waals surface area contributed by atoms with E-state index in [1.54, 1.807) is 54.5 Å². The largest absolute Gasteiger partial charge is 0.493 e. The minimum Gasteiger partial charge on any atom is -0.493 e. The van der Waals surface area contributed by atoms with E-state index in [4.69, 9.17) is 29.3 Å². The summed E-state index contributed by atoms with van der Waals surface area (Å²) in [4.78, 5) is 58.7. The third kappa shape index (κ3) is 8.78. The van der Waals surface area contributed by atoms with E-state index in [1.165, 1.54) is 14.0 Å². The Morgan fingerprint density at radius 2 is 1.37 bits per heavy atom. The van der Waals surface area contributed by atoms with Crippen molar-refractivity contribution in [1.29, 1.82) is 0 Å². The van der Waals surface area contributed by atoms with Gasteiger partial charge in [0.15, 0.2) is 11.5 Å². The SMILES string of the molecule is COc1ccc(C(=O)N2CCN(CC(=O)Nc3ccccc3NC(C)=O)CC2)cc1OC.O=C(O)C(=O)O. The molecule has 1 fully saturated rings. The number of hydrogen-bond donors (Lipinski definition) is 4. The summed E-state index contributed by atoms with van der Waals surface area (Å²) in [6.45, 7) is 3.82. The lowest BCUT2D eigenvalue weighted by molar-refractivity contribution is -0.159. The molecule has 0 atom stereocenters. The number of carbonyl (C=O) groups excluding carboxylic acids is 3. The van der Waals surface area contributed by atoms with Crippen LogP contribution in [0.5, 0.6) is 11.5 Å². The van der Waals surface area contributed by atoms with Crippen LogP contribution in [0.4, 0.5) is 11.4 Å². The summed E-state index contributed by atoms with van der Waals surface area (Å²) in [5, 5.41) is 20.3. The molecule has 1 saturated heterocycles. The van der Waals surface area contributed by atoms with Gasteiger partial charge in [0.25, 0.3) is 5.91 Å². The molecular formula is C25H30N4O9. The number of carboxylic acid groups (broad SMARTS) is 2. The summed E-state index contributed by atoms with van der Waals surface area (Å²) < 4.78 is 10.5. The van der Waals surface area contributed by atoms with E-state index in [0.717, 1.165) is 0 Å². The Balaban J connectivity index is 0.000000757. The van der Waals surface area contributed by atoms with Crippen LogP contribution in [-0.4, -0.2) is 96.6 Å². The zero-order valence-corrected chi connectivity index (χ0v) is 21.2. The normalized spacial score (nSPS) is 12.9. The lowest BCUT2D eigenvalue weighted by atomic mass is 10.1. The number of hydrogen-bond acceptors (Lipinski definition) is 8. The second kappa shape index (κ2) is 14.2. The van der Waals surface area contributed by atoms with Crippen LogP contribution in [0.25, 0.3) is 0 Å². The Morgan fingerprint density at radius 1 is 0.816 bits per heavy atom. The van der Waals surface area contributed by atoms with Crippen LogP contribution in [0, 0.1) is 0 Å². The molecule has 204 valence electrons. The number of para-hydroxylation sites is 2. The van der Waals surface area contributed by atoms with E-state index in [1.807, 2.05) is 4.90 Å². The highest BCUT2D eigenvalue weighted by Crippen LogP contribution is 2.28. The van der Waals surface area contributed by atoms with Crippen molar-refractivity contribution in [2.24, 2.45) is 0 Å². The quantitative estimate of drug-likeness (QED) is 0.381. The van der Waals surface area contributed by atoms with Crippen LogP contribution in [0.2, 0.25) is 0 Å². The number of methoxy groups -OCH3 is 2. The Bertz CT molecular complexity index is 1170. The number of amides is 3. The molecule has 0 spiro atoms. The summed E-state index contributed by atoms with van der Waals surface area (Å²) in [5.74, 6) is -3.04. The first kappa shape index (κ1) is 29.6. The fourth-order valence-electron chi connectivity index (χ4n) is 3.54. The molecule has 2 aromatic carbocycles. The molecule has 2 aromatic rings. The molecule has 3 rings (SSSR count). The second-order valence-electron chi connectivity index (χ2n) is 8.02. The van der Waals surface area contributed by atoms with Crippen LogP contribution in [0.15, 0.2) is 42.5 Å². The van der Waals surface area contributed by atoms with Crippen molar-refractivity contribution in [2.75, 3.05) is 57.6 Å². The van der Waals surface area contributed by atoms with E-state index in [0.29, 0.717) is 54.6 Å². The van der Waals surface area contributed by atoms with E-state index in [-0.39, 0.29) is 24.3 Å². The molecule has 0 radical (unpaired) electrons. The van der Waals surface area contributed by atoms with Crippen LogP contribution in [-0.2, 0) is 19.2 Å². The van der Waals surface area contributed by atoms with Crippen molar-refractivity contribution in [1.82, 2.24) is 9.80 Å². The number of carboxylic acids is 2. The predicted molar refractivity (Wildman–Crippen MR) is 137 cm³/mol. The zero-order chi connectivity index (χ0) is 28.2. The number of ether oxygens (including phenoxy) is 2. The van der Waals surface area contributed by atoms with Crippen molar-refractivity contribution in [3.05, 3.63) is 48.0 Å². The molecule has 38 heavy (non-hydrogen) atoms. The maximum Gasteiger partial charge on any atom is 0.414 e. The van der Waals surface area contributed by atoms with Gasteiger partial charge in [-0.2, -0.15) is 0 Å². The average Bonchev–Trinajstić information content (AvgIpc) is 2.89. The lowest BCUT2D eigenvalue weighted by Gasteiger charge is -2.34. The monoisotopic (exact) mass is 530 g/mol. The number of piperazine rings is 1. The molecule has 0 saturated carbocycles. The highest BCUT2D eigenvalue weighted by molar-refractivity contribution is 6.27. The summed E-state index contributed by atoms with van der Waals surface area (Å²) in [6.07, 6.45) is 0. The van der Waals surface area contributed by atoms with Gasteiger partial charge in [-0.05, 0) is 30.3 Å². The first-order chi connectivity index (χ1) is 18.0. The summed E-state index contributed by atoms with van der Waals surface area (Å²) >= 11 is 0. The first-order valence-electron chi connectivity index (χ1n) is 11.4. The summed E-state index contributed by atoms with van der Waals surface area (Å²) in [7, 11) is 3.08. The van der Waals surface area contributed by atoms with Gasteiger partial charge in [-0.15, -0.1) is 0 Å². The molecule has 13 heteroatoms. The Morgan fingerprint density at radius 3 is 1.87 bits per heavy atom.